The van der Waals surface area contributed by atoms with Crippen LogP contribution >= 0.6 is 0 Å². The number of benzene rings is 3. The average molecular weight is 491 g/mol. The van der Waals surface area contributed by atoms with Gasteiger partial charge in [-0.1, -0.05) is 75.4 Å². The van der Waals surface area contributed by atoms with Crippen molar-refractivity contribution >= 4 is 28.4 Å². The molecular formula is C31H30N4O2. The number of ether oxygens (including phenoxy) is 1. The van der Waals surface area contributed by atoms with Crippen molar-refractivity contribution in [1.82, 2.24) is 9.97 Å². The number of hydrogen-bond donors (Lipinski definition) is 3. The lowest BCUT2D eigenvalue weighted by molar-refractivity contribution is 0.214. The van der Waals surface area contributed by atoms with Gasteiger partial charge in [0.15, 0.2) is 0 Å². The number of carbonyl (C=O) groups excluding carboxylic acids is 1. The first-order valence-corrected chi connectivity index (χ1v) is 12.3. The molecule has 2 aromatic heterocycles. The molecule has 5 aromatic rings. The predicted molar refractivity (Wildman–Crippen MR) is 150 cm³/mol. The quantitative estimate of drug-likeness (QED) is 0.227. The number of carbonyl (C=O) groups is 1. The first kappa shape index (κ1) is 24.1. The minimum atomic E-state index is -0.577. The van der Waals surface area contributed by atoms with Gasteiger partial charge in [0, 0.05) is 41.2 Å². The topological polar surface area (TPSA) is 79.0 Å². The lowest BCUT2D eigenvalue weighted by Crippen LogP contribution is -2.17. The summed E-state index contributed by atoms with van der Waals surface area (Å²) < 4.78 is 5.75. The van der Waals surface area contributed by atoms with Crippen LogP contribution in [0.25, 0.3) is 22.0 Å². The number of amides is 1. The van der Waals surface area contributed by atoms with Gasteiger partial charge in [0.05, 0.1) is 5.56 Å². The van der Waals surface area contributed by atoms with Crippen molar-refractivity contribution < 1.29 is 9.53 Å². The summed E-state index contributed by atoms with van der Waals surface area (Å²) in [4.78, 5) is 19.9. The lowest BCUT2D eigenvalue weighted by atomic mass is 9.87. The van der Waals surface area contributed by atoms with Gasteiger partial charge in [-0.25, -0.2) is 4.79 Å². The second kappa shape index (κ2) is 10.2. The van der Waals surface area contributed by atoms with Crippen LogP contribution in [0.2, 0.25) is 0 Å². The molecule has 0 saturated heterocycles. The molecule has 6 heteroatoms. The zero-order chi connectivity index (χ0) is 25.8. The highest BCUT2D eigenvalue weighted by molar-refractivity contribution is 6.02. The molecule has 1 amide bonds. The molecule has 2 heterocycles. The van der Waals surface area contributed by atoms with Crippen LogP contribution in [0, 0.1) is 0 Å². The summed E-state index contributed by atoms with van der Waals surface area (Å²) in [6, 6.07) is 28.2. The molecule has 0 unspecified atom stereocenters. The minimum absolute atomic E-state index is 0.133. The summed E-state index contributed by atoms with van der Waals surface area (Å²) in [5, 5.41) is 7.24. The van der Waals surface area contributed by atoms with Crippen molar-refractivity contribution in [2.75, 3.05) is 10.6 Å². The van der Waals surface area contributed by atoms with Gasteiger partial charge in [-0.05, 0) is 52.4 Å². The molecule has 0 spiro atoms. The van der Waals surface area contributed by atoms with E-state index in [1.807, 2.05) is 42.5 Å². The highest BCUT2D eigenvalue weighted by Gasteiger charge is 2.18. The SMILES string of the molecule is CC(C)(C)c1ccc(CNc2ccc3[nH]c(OC(=O)Nc4ccncc4)c(-c4ccccc4)c3c2)cc1. The zero-order valence-electron chi connectivity index (χ0n) is 21.2. The van der Waals surface area contributed by atoms with E-state index in [1.165, 1.54) is 11.1 Å². The van der Waals surface area contributed by atoms with E-state index >= 15 is 0 Å². The first-order chi connectivity index (χ1) is 17.9. The highest BCUT2D eigenvalue weighted by Crippen LogP contribution is 2.38. The molecule has 0 radical (unpaired) electrons. The maximum atomic E-state index is 12.7. The predicted octanol–water partition coefficient (Wildman–Crippen LogP) is 7.75. The van der Waals surface area contributed by atoms with Crippen LogP contribution in [0.1, 0.15) is 31.9 Å². The third-order valence-electron chi connectivity index (χ3n) is 6.26. The van der Waals surface area contributed by atoms with Gasteiger partial charge in [-0.3, -0.25) is 10.3 Å². The molecule has 37 heavy (non-hydrogen) atoms. The Bertz CT molecular complexity index is 1500. The molecule has 0 saturated carbocycles. The number of nitrogens with one attached hydrogen (secondary N) is 3. The summed E-state index contributed by atoms with van der Waals surface area (Å²) in [5.41, 5.74) is 6.92. The van der Waals surface area contributed by atoms with Gasteiger partial charge < -0.3 is 15.0 Å². The number of aromatic nitrogens is 2. The fourth-order valence-corrected chi connectivity index (χ4v) is 4.24. The number of aromatic amines is 1. The summed E-state index contributed by atoms with van der Waals surface area (Å²) in [5.74, 6) is 0.391. The van der Waals surface area contributed by atoms with Crippen LogP contribution in [0.4, 0.5) is 16.2 Å². The van der Waals surface area contributed by atoms with E-state index in [0.717, 1.165) is 27.7 Å². The number of fused-ring (bicyclic) bond motifs is 1. The normalized spacial score (nSPS) is 11.3. The van der Waals surface area contributed by atoms with Gasteiger partial charge in [0.25, 0.3) is 0 Å². The van der Waals surface area contributed by atoms with E-state index in [-0.39, 0.29) is 5.41 Å². The molecule has 0 aliphatic carbocycles. The standard InChI is InChI=1S/C31H30N4O2/c1-31(2,3)23-11-9-21(10-12-23)20-33-25-13-14-27-26(19-25)28(22-7-5-4-6-8-22)29(35-27)37-30(36)34-24-15-17-32-18-16-24/h4-19,33,35H,20H2,1-3H3,(H,32,34,36). The van der Waals surface area contributed by atoms with Crippen LogP contribution < -0.4 is 15.4 Å². The van der Waals surface area contributed by atoms with E-state index in [2.05, 4.69) is 71.7 Å². The Morgan fingerprint density at radius 2 is 1.62 bits per heavy atom. The Hall–Kier alpha value is -4.58. The number of pyridine rings is 1. The molecule has 0 fully saturated rings. The smallest absolute Gasteiger partial charge is 0.392 e. The van der Waals surface area contributed by atoms with E-state index in [4.69, 9.17) is 4.74 Å². The van der Waals surface area contributed by atoms with Crippen molar-refractivity contribution in [3.05, 3.63) is 108 Å². The summed E-state index contributed by atoms with van der Waals surface area (Å²) >= 11 is 0. The number of nitrogens with zero attached hydrogens (tertiary/aromatic N) is 1. The van der Waals surface area contributed by atoms with Crippen molar-refractivity contribution in [1.29, 1.82) is 0 Å². The van der Waals surface area contributed by atoms with E-state index in [9.17, 15) is 4.79 Å². The molecule has 0 bridgehead atoms. The summed E-state index contributed by atoms with van der Waals surface area (Å²) in [6.45, 7) is 7.37. The second-order valence-electron chi connectivity index (χ2n) is 10.0. The van der Waals surface area contributed by atoms with Gasteiger partial charge in [-0.2, -0.15) is 0 Å². The second-order valence-corrected chi connectivity index (χ2v) is 10.0. The highest BCUT2D eigenvalue weighted by atomic mass is 16.6. The zero-order valence-corrected chi connectivity index (χ0v) is 21.2. The van der Waals surface area contributed by atoms with Crippen molar-refractivity contribution in [3.63, 3.8) is 0 Å². The molecule has 3 N–H and O–H groups in total. The van der Waals surface area contributed by atoms with Crippen LogP contribution in [0.5, 0.6) is 5.88 Å². The Balaban J connectivity index is 1.41. The van der Waals surface area contributed by atoms with Gasteiger partial charge >= 0.3 is 6.09 Å². The van der Waals surface area contributed by atoms with Gasteiger partial charge in [-0.15, -0.1) is 0 Å². The molecule has 0 atom stereocenters. The Labute approximate surface area is 216 Å². The third kappa shape index (κ3) is 5.64. The van der Waals surface area contributed by atoms with Crippen molar-refractivity contribution in [2.24, 2.45) is 0 Å². The Morgan fingerprint density at radius 1 is 0.892 bits per heavy atom. The maximum absolute atomic E-state index is 12.7. The summed E-state index contributed by atoms with van der Waals surface area (Å²) in [6.07, 6.45) is 2.65. The molecule has 186 valence electrons. The third-order valence-corrected chi connectivity index (χ3v) is 6.26. The van der Waals surface area contributed by atoms with Crippen LogP contribution in [-0.2, 0) is 12.0 Å². The Kier molecular flexibility index (Phi) is 6.64. The number of rotatable bonds is 6. The minimum Gasteiger partial charge on any atom is -0.392 e. The summed E-state index contributed by atoms with van der Waals surface area (Å²) in [7, 11) is 0. The van der Waals surface area contributed by atoms with Crippen molar-refractivity contribution in [3.8, 4) is 17.0 Å². The largest absolute Gasteiger partial charge is 0.418 e. The Morgan fingerprint density at radius 3 is 2.32 bits per heavy atom. The number of anilines is 2. The van der Waals surface area contributed by atoms with E-state index < -0.39 is 6.09 Å². The molecule has 0 aliphatic heterocycles. The van der Waals surface area contributed by atoms with Gasteiger partial charge in [0.1, 0.15) is 0 Å². The number of H-pyrrole nitrogens is 1. The van der Waals surface area contributed by atoms with E-state index in [1.54, 1.807) is 24.5 Å². The molecule has 6 nitrogen and oxygen atoms in total. The average Bonchev–Trinajstić information content (AvgIpc) is 3.25. The van der Waals surface area contributed by atoms with Crippen LogP contribution in [-0.4, -0.2) is 16.1 Å². The molecule has 5 rings (SSSR count). The van der Waals surface area contributed by atoms with Crippen LogP contribution in [0.15, 0.2) is 97.3 Å². The monoisotopic (exact) mass is 490 g/mol. The first-order valence-electron chi connectivity index (χ1n) is 12.3. The van der Waals surface area contributed by atoms with Gasteiger partial charge in [0.2, 0.25) is 5.88 Å². The van der Waals surface area contributed by atoms with E-state index in [0.29, 0.717) is 18.1 Å². The lowest BCUT2D eigenvalue weighted by Gasteiger charge is -2.19. The molecule has 0 aliphatic rings. The fourth-order valence-electron chi connectivity index (χ4n) is 4.24. The molecule has 3 aromatic carbocycles. The fraction of sp³-hybridized carbons (Fsp3) is 0.161. The van der Waals surface area contributed by atoms with Crippen LogP contribution in [0.3, 0.4) is 0 Å². The maximum Gasteiger partial charge on any atom is 0.418 e. The number of hydrogen-bond acceptors (Lipinski definition) is 4. The molecular weight excluding hydrogens is 460 g/mol. The van der Waals surface area contributed by atoms with Crippen molar-refractivity contribution in [2.45, 2.75) is 32.7 Å².